The van der Waals surface area contributed by atoms with Gasteiger partial charge in [-0.15, -0.1) is 0 Å². The van der Waals surface area contributed by atoms with E-state index < -0.39 is 88.7 Å². The highest BCUT2D eigenvalue weighted by atomic mass is 32.2. The van der Waals surface area contributed by atoms with E-state index in [9.17, 15) is 54.0 Å². The number of nitrogens with zero attached hydrogens (tertiary/aromatic N) is 1. The predicted octanol–water partition coefficient (Wildman–Crippen LogP) is -3.39. The number of thioether (sulfide) groups is 1. The van der Waals surface area contributed by atoms with Gasteiger partial charge in [0.15, 0.2) is 12.5 Å². The molecule has 3 rings (SSSR count). The molecular weight excluding hydrogens is 650 g/mol. The van der Waals surface area contributed by atoms with Crippen LogP contribution in [0.4, 0.5) is 0 Å². The summed E-state index contributed by atoms with van der Waals surface area (Å²) >= 11 is 1.22. The largest absolute Gasteiger partial charge is 0.483 e. The summed E-state index contributed by atoms with van der Waals surface area (Å²) in [6.45, 7) is 0.0670. The van der Waals surface area contributed by atoms with Gasteiger partial charge in [0.05, 0.1) is 32.5 Å². The molecule has 1 aromatic rings. The van der Waals surface area contributed by atoms with Gasteiger partial charge in [-0.25, -0.2) is 13.9 Å². The van der Waals surface area contributed by atoms with Crippen molar-refractivity contribution >= 4 is 27.4 Å². The monoisotopic (exact) mass is 684 g/mol. The lowest BCUT2D eigenvalue weighted by Gasteiger charge is -2.40. The zero-order valence-electron chi connectivity index (χ0n) is 22.5. The molecule has 2 aliphatic heterocycles. The van der Waals surface area contributed by atoms with Crippen molar-refractivity contribution in [3.63, 3.8) is 0 Å². The lowest BCUT2D eigenvalue weighted by molar-refractivity contribution is -0.270. The van der Waals surface area contributed by atoms with Crippen LogP contribution in [0.3, 0.4) is 0 Å². The Morgan fingerprint density at radius 1 is 0.930 bits per heavy atom. The van der Waals surface area contributed by atoms with Crippen molar-refractivity contribution in [3.05, 3.63) is 33.1 Å². The molecule has 0 spiro atoms. The summed E-state index contributed by atoms with van der Waals surface area (Å²) in [6, 6.07) is 0.941. The Morgan fingerprint density at radius 2 is 1.63 bits per heavy atom. The second kappa shape index (κ2) is 16.0. The standard InChI is InChI=1S/C20H34N2O18P2S/c1-34-4-5-35-6-7-43-9-11-14(25)15(26)17(28)19(38-11)39-42(32,33)40-41(30,31)36-8-10-13(24)16(27)18(37-10)22-3-2-12(23)21-20(22)29/h2-3,10-11,13-19,24-28H,4-9H2,1H3,(H,30,31)(H,32,33)(H,21,23,29)/t10-,11?,13+,14+,15+,16+,17?,18?,19?/m1/s1. The lowest BCUT2D eigenvalue weighted by Crippen LogP contribution is -2.58. The molecule has 2 saturated heterocycles. The minimum absolute atomic E-state index is 0.0262. The third kappa shape index (κ3) is 10.2. The molecule has 0 amide bonds. The quantitative estimate of drug-likeness (QED) is 0.0622. The van der Waals surface area contributed by atoms with Crippen LogP contribution >= 0.6 is 27.4 Å². The van der Waals surface area contributed by atoms with E-state index in [1.54, 1.807) is 0 Å². The van der Waals surface area contributed by atoms with E-state index in [2.05, 4.69) is 13.4 Å². The summed E-state index contributed by atoms with van der Waals surface area (Å²) < 4.78 is 59.8. The Morgan fingerprint density at radius 3 is 2.30 bits per heavy atom. The van der Waals surface area contributed by atoms with Crippen molar-refractivity contribution in [2.75, 3.05) is 45.0 Å². The molecule has 2 aliphatic rings. The van der Waals surface area contributed by atoms with Crippen molar-refractivity contribution in [2.45, 2.75) is 55.2 Å². The second-order valence-corrected chi connectivity index (χ2v) is 13.3. The maximum absolute atomic E-state index is 12.5. The highest BCUT2D eigenvalue weighted by Gasteiger charge is 2.49. The number of aromatic nitrogens is 2. The minimum atomic E-state index is -5.59. The van der Waals surface area contributed by atoms with Gasteiger partial charge < -0.3 is 54.3 Å². The van der Waals surface area contributed by atoms with Crippen LogP contribution in [-0.4, -0.2) is 139 Å². The summed E-state index contributed by atoms with van der Waals surface area (Å²) in [5.74, 6) is 0.463. The van der Waals surface area contributed by atoms with E-state index in [0.29, 0.717) is 25.6 Å². The van der Waals surface area contributed by atoms with E-state index in [1.807, 2.05) is 4.98 Å². The molecule has 0 aromatic carbocycles. The number of rotatable bonds is 16. The number of ether oxygens (including phenoxy) is 4. The van der Waals surface area contributed by atoms with E-state index in [0.717, 1.165) is 16.8 Å². The number of aliphatic hydroxyl groups excluding tert-OH is 5. The first-order valence-electron chi connectivity index (χ1n) is 12.5. The van der Waals surface area contributed by atoms with Crippen molar-refractivity contribution in [2.24, 2.45) is 0 Å². The summed E-state index contributed by atoms with van der Waals surface area (Å²) in [6.07, 6.45) is -14.6. The summed E-state index contributed by atoms with van der Waals surface area (Å²) in [5.41, 5.74) is -1.73. The Hall–Kier alpha value is -1.07. The SMILES string of the molecule is COCCOCCSCC1OC(OP(=O)(O)OP(=O)(O)OC[C@H]2OC(n3ccc(=O)[nH]c3=O)[C@@H](O)[C@H]2O)C(O)[C@@H](O)[C@H]1O. The fourth-order valence-corrected chi connectivity index (χ4v) is 6.97. The van der Waals surface area contributed by atoms with Crippen LogP contribution in [0.1, 0.15) is 6.23 Å². The van der Waals surface area contributed by atoms with Crippen LogP contribution < -0.4 is 11.2 Å². The molecule has 3 heterocycles. The number of hydrogen-bond donors (Lipinski definition) is 8. The minimum Gasteiger partial charge on any atom is -0.388 e. The third-order valence-corrected chi connectivity index (χ3v) is 9.68. The molecule has 0 aliphatic carbocycles. The van der Waals surface area contributed by atoms with Crippen molar-refractivity contribution < 1.29 is 76.8 Å². The zero-order chi connectivity index (χ0) is 31.9. The van der Waals surface area contributed by atoms with Crippen LogP contribution in [0, 0.1) is 0 Å². The lowest BCUT2D eigenvalue weighted by atomic mass is 10.0. The molecule has 1 aromatic heterocycles. The van der Waals surface area contributed by atoms with E-state index in [-0.39, 0.29) is 5.75 Å². The summed E-state index contributed by atoms with van der Waals surface area (Å²) in [4.78, 5) is 45.2. The van der Waals surface area contributed by atoms with Gasteiger partial charge in [0.1, 0.15) is 36.6 Å². The van der Waals surface area contributed by atoms with Gasteiger partial charge in [-0.2, -0.15) is 16.1 Å². The van der Waals surface area contributed by atoms with E-state index in [1.165, 1.54) is 18.9 Å². The number of aromatic amines is 1. The normalized spacial score (nSPS) is 34.1. The molecule has 11 atom stereocenters. The van der Waals surface area contributed by atoms with Crippen molar-refractivity contribution in [1.82, 2.24) is 9.55 Å². The molecule has 0 saturated carbocycles. The smallest absolute Gasteiger partial charge is 0.388 e. The fraction of sp³-hybridized carbons (Fsp3) is 0.800. The average molecular weight is 685 g/mol. The molecule has 20 nitrogen and oxygen atoms in total. The molecule has 8 N–H and O–H groups in total. The molecular formula is C20H34N2O18P2S. The summed E-state index contributed by atoms with van der Waals surface area (Å²) in [7, 11) is -9.56. The highest BCUT2D eigenvalue weighted by Crippen LogP contribution is 2.61. The Kier molecular flexibility index (Phi) is 13.5. The van der Waals surface area contributed by atoms with Gasteiger partial charge >= 0.3 is 21.3 Å². The molecule has 0 radical (unpaired) electrons. The number of hydrogen-bond acceptors (Lipinski definition) is 17. The number of nitrogens with one attached hydrogen (secondary N) is 1. The number of phosphoric acid groups is 2. The number of methoxy groups -OCH3 is 1. The highest BCUT2D eigenvalue weighted by molar-refractivity contribution is 7.99. The van der Waals surface area contributed by atoms with Gasteiger partial charge in [-0.1, -0.05) is 0 Å². The van der Waals surface area contributed by atoms with E-state index in [4.69, 9.17) is 18.9 Å². The van der Waals surface area contributed by atoms with Crippen LogP contribution in [0.15, 0.2) is 21.9 Å². The molecule has 23 heteroatoms. The second-order valence-electron chi connectivity index (χ2n) is 9.18. The average Bonchev–Trinajstić information content (AvgIpc) is 3.20. The van der Waals surface area contributed by atoms with Crippen molar-refractivity contribution in [3.8, 4) is 0 Å². The molecule has 248 valence electrons. The van der Waals surface area contributed by atoms with Crippen LogP contribution in [0.25, 0.3) is 0 Å². The van der Waals surface area contributed by atoms with Crippen molar-refractivity contribution in [1.29, 1.82) is 0 Å². The first-order chi connectivity index (χ1) is 20.2. The Labute approximate surface area is 247 Å². The molecule has 2 fully saturated rings. The van der Waals surface area contributed by atoms with Gasteiger partial charge in [-0.3, -0.25) is 23.4 Å². The number of phosphoric ester groups is 2. The van der Waals surface area contributed by atoms with Crippen LogP contribution in [0.2, 0.25) is 0 Å². The third-order valence-electron chi connectivity index (χ3n) is 6.06. The number of H-pyrrole nitrogens is 1. The molecule has 43 heavy (non-hydrogen) atoms. The Bertz CT molecular complexity index is 1250. The van der Waals surface area contributed by atoms with Gasteiger partial charge in [-0.05, 0) is 0 Å². The zero-order valence-corrected chi connectivity index (χ0v) is 25.1. The van der Waals surface area contributed by atoms with Gasteiger partial charge in [0.25, 0.3) is 5.56 Å². The van der Waals surface area contributed by atoms with Crippen LogP contribution in [-0.2, 0) is 41.4 Å². The van der Waals surface area contributed by atoms with Gasteiger partial charge in [0, 0.05) is 30.9 Å². The Balaban J connectivity index is 1.54. The fourth-order valence-electron chi connectivity index (χ4n) is 3.90. The van der Waals surface area contributed by atoms with E-state index >= 15 is 0 Å². The first kappa shape index (κ1) is 36.4. The van der Waals surface area contributed by atoms with Gasteiger partial charge in [0.2, 0.25) is 0 Å². The molecule has 0 bridgehead atoms. The maximum Gasteiger partial charge on any atom is 0.483 e. The predicted molar refractivity (Wildman–Crippen MR) is 142 cm³/mol. The topological polar surface area (TPSA) is 295 Å². The molecule has 6 unspecified atom stereocenters. The maximum atomic E-state index is 12.5. The first-order valence-corrected chi connectivity index (χ1v) is 16.7. The number of aliphatic hydroxyl groups is 5. The van der Waals surface area contributed by atoms with Crippen LogP contribution in [0.5, 0.6) is 0 Å². The summed E-state index contributed by atoms with van der Waals surface area (Å²) in [5, 5.41) is 51.0.